The van der Waals surface area contributed by atoms with Gasteiger partial charge in [-0.25, -0.2) is 0 Å². The first-order chi connectivity index (χ1) is 13.3. The molecule has 1 aromatic rings. The maximum absolute atomic E-state index is 13.1. The van der Waals surface area contributed by atoms with Gasteiger partial charge < -0.3 is 25.0 Å². The summed E-state index contributed by atoms with van der Waals surface area (Å²) in [4.78, 5) is 26.7. The van der Waals surface area contributed by atoms with E-state index in [1.807, 2.05) is 13.8 Å². The van der Waals surface area contributed by atoms with E-state index in [0.717, 1.165) is 13.0 Å². The largest absolute Gasteiger partial charge is 0.491 e. The van der Waals surface area contributed by atoms with Gasteiger partial charge in [0.25, 0.3) is 5.91 Å². The number of amides is 2. The van der Waals surface area contributed by atoms with E-state index in [4.69, 9.17) is 9.47 Å². The van der Waals surface area contributed by atoms with E-state index in [2.05, 4.69) is 17.6 Å². The molecule has 0 saturated heterocycles. The van der Waals surface area contributed by atoms with Gasteiger partial charge in [-0.1, -0.05) is 13.8 Å². The summed E-state index contributed by atoms with van der Waals surface area (Å²) < 4.78 is 11.6. The highest BCUT2D eigenvalue weighted by atomic mass is 16.5. The monoisotopic (exact) mass is 391 g/mol. The van der Waals surface area contributed by atoms with Gasteiger partial charge in [-0.3, -0.25) is 9.59 Å². The highest BCUT2D eigenvalue weighted by Gasteiger charge is 2.25. The van der Waals surface area contributed by atoms with Crippen LogP contribution in [0.1, 0.15) is 44.0 Å². The molecule has 7 heteroatoms. The maximum Gasteiger partial charge on any atom is 0.257 e. The van der Waals surface area contributed by atoms with Crippen molar-refractivity contribution < 1.29 is 19.1 Å². The lowest BCUT2D eigenvalue weighted by atomic mass is 10.0. The molecular formula is C21H33N3O4. The Morgan fingerprint density at radius 1 is 1.39 bits per heavy atom. The van der Waals surface area contributed by atoms with Crippen LogP contribution in [0.3, 0.4) is 0 Å². The van der Waals surface area contributed by atoms with Crippen molar-refractivity contribution >= 4 is 17.5 Å². The Balaban J connectivity index is 2.33. The highest BCUT2D eigenvalue weighted by molar-refractivity contribution is 5.99. The molecule has 0 unspecified atom stereocenters. The predicted octanol–water partition coefficient (Wildman–Crippen LogP) is 2.52. The molecule has 0 aromatic heterocycles. The average molecular weight is 392 g/mol. The number of rotatable bonds is 4. The van der Waals surface area contributed by atoms with Gasteiger partial charge in [-0.05, 0) is 37.5 Å². The van der Waals surface area contributed by atoms with E-state index in [1.165, 1.54) is 0 Å². The average Bonchev–Trinajstić information content (AvgIpc) is 2.67. The van der Waals surface area contributed by atoms with E-state index in [-0.39, 0.29) is 29.9 Å². The summed E-state index contributed by atoms with van der Waals surface area (Å²) in [6.07, 6.45) is 1.13. The van der Waals surface area contributed by atoms with Gasteiger partial charge in [0.15, 0.2) is 0 Å². The number of benzene rings is 1. The van der Waals surface area contributed by atoms with E-state index < -0.39 is 0 Å². The van der Waals surface area contributed by atoms with E-state index >= 15 is 0 Å². The summed E-state index contributed by atoms with van der Waals surface area (Å²) in [5.74, 6) is 0.531. The van der Waals surface area contributed by atoms with Crippen LogP contribution in [0.4, 0.5) is 5.69 Å². The van der Waals surface area contributed by atoms with Gasteiger partial charge in [0, 0.05) is 45.4 Å². The maximum atomic E-state index is 13.1. The molecule has 2 N–H and O–H groups in total. The Morgan fingerprint density at radius 3 is 2.82 bits per heavy atom. The zero-order valence-electron chi connectivity index (χ0n) is 17.6. The number of ether oxygens (including phenoxy) is 2. The van der Waals surface area contributed by atoms with E-state index in [1.54, 1.807) is 37.3 Å². The third-order valence-corrected chi connectivity index (χ3v) is 4.99. The zero-order valence-corrected chi connectivity index (χ0v) is 17.6. The van der Waals surface area contributed by atoms with Gasteiger partial charge in [-0.2, -0.15) is 0 Å². The molecule has 0 radical (unpaired) electrons. The third kappa shape index (κ3) is 5.94. The summed E-state index contributed by atoms with van der Waals surface area (Å²) in [5.41, 5.74) is 1.03. The fourth-order valence-electron chi connectivity index (χ4n) is 3.19. The second-order valence-corrected chi connectivity index (χ2v) is 7.57. The van der Waals surface area contributed by atoms with E-state index in [0.29, 0.717) is 36.6 Å². The van der Waals surface area contributed by atoms with Crippen LogP contribution in [0.15, 0.2) is 18.2 Å². The minimum atomic E-state index is -0.156. The Labute approximate surface area is 167 Å². The molecule has 0 bridgehead atoms. The van der Waals surface area contributed by atoms with Crippen molar-refractivity contribution in [1.82, 2.24) is 10.2 Å². The molecule has 1 aliphatic rings. The van der Waals surface area contributed by atoms with Crippen molar-refractivity contribution in [2.45, 2.75) is 45.8 Å². The van der Waals surface area contributed by atoms with Crippen LogP contribution in [0, 0.1) is 5.92 Å². The third-order valence-electron chi connectivity index (χ3n) is 4.99. The van der Waals surface area contributed by atoms with Crippen LogP contribution in [0.5, 0.6) is 5.75 Å². The summed E-state index contributed by atoms with van der Waals surface area (Å²) in [7, 11) is 3.43. The van der Waals surface area contributed by atoms with Gasteiger partial charge in [0.1, 0.15) is 12.4 Å². The Hall–Kier alpha value is -2.12. The second-order valence-electron chi connectivity index (χ2n) is 7.57. The van der Waals surface area contributed by atoms with Crippen LogP contribution in [0.2, 0.25) is 0 Å². The summed E-state index contributed by atoms with van der Waals surface area (Å²) in [6, 6.07) is 5.34. The molecular weight excluding hydrogens is 358 g/mol. The molecule has 3 atom stereocenters. The molecule has 0 aliphatic carbocycles. The first-order valence-electron chi connectivity index (χ1n) is 9.94. The first-order valence-corrected chi connectivity index (χ1v) is 9.94. The lowest BCUT2D eigenvalue weighted by Gasteiger charge is -2.30. The summed E-state index contributed by atoms with van der Waals surface area (Å²) in [6.45, 7) is 7.79. The number of carbonyl (C=O) groups excluding carboxylic acids is 2. The fourth-order valence-corrected chi connectivity index (χ4v) is 3.19. The molecule has 0 spiro atoms. The molecule has 2 amide bonds. The van der Waals surface area contributed by atoms with Gasteiger partial charge in [0.2, 0.25) is 5.91 Å². The molecule has 1 heterocycles. The molecule has 1 aliphatic heterocycles. The van der Waals surface area contributed by atoms with Crippen LogP contribution in [-0.2, 0) is 9.53 Å². The second kappa shape index (κ2) is 10.4. The summed E-state index contributed by atoms with van der Waals surface area (Å²) in [5, 5.41) is 6.31. The zero-order chi connectivity index (χ0) is 20.7. The minimum absolute atomic E-state index is 0.0663. The van der Waals surface area contributed by atoms with Crippen molar-refractivity contribution in [2.75, 3.05) is 39.2 Å². The number of hydrogen-bond acceptors (Lipinski definition) is 5. The number of anilines is 1. The quantitative estimate of drug-likeness (QED) is 0.824. The number of fused-ring (bicyclic) bond motifs is 1. The normalized spacial score (nSPS) is 23.8. The lowest BCUT2D eigenvalue weighted by molar-refractivity contribution is -0.116. The smallest absolute Gasteiger partial charge is 0.257 e. The number of nitrogens with zero attached hydrogens (tertiary/aromatic N) is 1. The number of likely N-dealkylation sites (N-methyl/N-ethyl adjacent to an activating group) is 1. The standard InChI is InChI=1S/C21H33N3O4/c1-6-7-20(25)23-16-8-9-18-17(10-16)21(26)24(4)12-19(27-5)14(2)11-22-15(3)13-28-18/h8-10,14-15,19,22H,6-7,11-13H2,1-5H3,(H,23,25)/t14-,15+,19+/m0/s1. The van der Waals surface area contributed by atoms with Gasteiger partial charge in [0.05, 0.1) is 11.7 Å². The van der Waals surface area contributed by atoms with Gasteiger partial charge in [-0.15, -0.1) is 0 Å². The molecule has 156 valence electrons. The van der Waals surface area contributed by atoms with Crippen molar-refractivity contribution in [1.29, 1.82) is 0 Å². The Bertz CT molecular complexity index is 680. The predicted molar refractivity (Wildman–Crippen MR) is 110 cm³/mol. The molecule has 0 fully saturated rings. The van der Waals surface area contributed by atoms with Crippen molar-refractivity contribution in [3.8, 4) is 5.75 Å². The van der Waals surface area contributed by atoms with Gasteiger partial charge >= 0.3 is 0 Å². The number of hydrogen-bond donors (Lipinski definition) is 2. The van der Waals surface area contributed by atoms with Crippen LogP contribution < -0.4 is 15.4 Å². The van der Waals surface area contributed by atoms with E-state index in [9.17, 15) is 9.59 Å². The van der Waals surface area contributed by atoms with Crippen molar-refractivity contribution in [3.63, 3.8) is 0 Å². The SMILES string of the molecule is CCCC(=O)Nc1ccc2c(c1)C(=O)N(C)C[C@@H](OC)[C@@H](C)CN[C@H](C)CO2. The lowest BCUT2D eigenvalue weighted by Crippen LogP contribution is -2.44. The van der Waals surface area contributed by atoms with Crippen molar-refractivity contribution in [3.05, 3.63) is 23.8 Å². The highest BCUT2D eigenvalue weighted by Crippen LogP contribution is 2.25. The topological polar surface area (TPSA) is 79.9 Å². The Kier molecular flexibility index (Phi) is 8.26. The van der Waals surface area contributed by atoms with Crippen LogP contribution >= 0.6 is 0 Å². The molecule has 0 saturated carbocycles. The van der Waals surface area contributed by atoms with Crippen LogP contribution in [-0.4, -0.2) is 62.7 Å². The Morgan fingerprint density at radius 2 is 2.14 bits per heavy atom. The number of nitrogens with one attached hydrogen (secondary N) is 2. The number of methoxy groups -OCH3 is 1. The molecule has 2 rings (SSSR count). The minimum Gasteiger partial charge on any atom is -0.491 e. The molecule has 7 nitrogen and oxygen atoms in total. The van der Waals surface area contributed by atoms with Crippen LogP contribution in [0.25, 0.3) is 0 Å². The molecule has 28 heavy (non-hydrogen) atoms. The number of carbonyl (C=O) groups is 2. The van der Waals surface area contributed by atoms with Crippen molar-refractivity contribution in [2.24, 2.45) is 5.92 Å². The summed E-state index contributed by atoms with van der Waals surface area (Å²) >= 11 is 0. The molecule has 1 aromatic carbocycles. The fraction of sp³-hybridized carbons (Fsp3) is 0.619. The first kappa shape index (κ1) is 22.2.